The summed E-state index contributed by atoms with van der Waals surface area (Å²) < 4.78 is 5.35. The van der Waals surface area contributed by atoms with Gasteiger partial charge in [-0.25, -0.2) is 0 Å². The summed E-state index contributed by atoms with van der Waals surface area (Å²) in [4.78, 5) is 10.5. The molecule has 15 heavy (non-hydrogen) atoms. The molecule has 0 aliphatic rings. The summed E-state index contributed by atoms with van der Waals surface area (Å²) in [6.45, 7) is 0.536. The third-order valence-corrected chi connectivity index (χ3v) is 2.24. The van der Waals surface area contributed by atoms with Crippen LogP contribution in [0.25, 0.3) is 0 Å². The molecule has 1 aromatic rings. The smallest absolute Gasteiger partial charge is 0.220 e. The Hall–Kier alpha value is -1.26. The second-order valence-corrected chi connectivity index (χ2v) is 3.39. The van der Waals surface area contributed by atoms with Crippen molar-refractivity contribution in [2.75, 3.05) is 6.61 Å². The molecule has 0 aromatic heterocycles. The molecule has 5 heteroatoms. The molecule has 0 spiro atoms. The van der Waals surface area contributed by atoms with Crippen LogP contribution < -0.4 is 16.2 Å². The first kappa shape index (κ1) is 11.8. The van der Waals surface area contributed by atoms with Crippen LogP contribution in [0.5, 0.6) is 5.75 Å². The molecule has 4 N–H and O–H groups in total. The van der Waals surface area contributed by atoms with Gasteiger partial charge < -0.3 is 16.2 Å². The summed E-state index contributed by atoms with van der Waals surface area (Å²) in [7, 11) is 0. The molecule has 0 atom stereocenters. The van der Waals surface area contributed by atoms with Crippen LogP contribution in [0.1, 0.15) is 12.0 Å². The SMILES string of the molecule is NCc1c(Cl)cccc1OCCC(N)=O. The van der Waals surface area contributed by atoms with Gasteiger partial charge in [-0.3, -0.25) is 4.79 Å². The Labute approximate surface area is 93.1 Å². The van der Waals surface area contributed by atoms with Gasteiger partial charge in [0.2, 0.25) is 5.91 Å². The Morgan fingerprint density at radius 1 is 1.47 bits per heavy atom. The van der Waals surface area contributed by atoms with Crippen molar-refractivity contribution in [2.45, 2.75) is 13.0 Å². The van der Waals surface area contributed by atoms with Crippen molar-refractivity contribution >= 4 is 17.5 Å². The average Bonchev–Trinajstić information content (AvgIpc) is 2.17. The fourth-order valence-electron chi connectivity index (χ4n) is 1.13. The third kappa shape index (κ3) is 3.42. The number of ether oxygens (including phenoxy) is 1. The number of benzene rings is 1. The van der Waals surface area contributed by atoms with Crippen LogP contribution in [0.15, 0.2) is 18.2 Å². The Bertz CT molecular complexity index is 355. The van der Waals surface area contributed by atoms with Crippen LogP contribution in [-0.2, 0) is 11.3 Å². The molecule has 0 aliphatic carbocycles. The summed E-state index contributed by atoms with van der Waals surface area (Å²) in [6.07, 6.45) is 0.177. The highest BCUT2D eigenvalue weighted by Gasteiger charge is 2.06. The van der Waals surface area contributed by atoms with Gasteiger partial charge in [0.25, 0.3) is 0 Å². The van der Waals surface area contributed by atoms with Crippen molar-refractivity contribution in [2.24, 2.45) is 11.5 Å². The maximum Gasteiger partial charge on any atom is 0.220 e. The topological polar surface area (TPSA) is 78.3 Å². The van der Waals surface area contributed by atoms with Crippen LogP contribution in [0.4, 0.5) is 0 Å². The lowest BCUT2D eigenvalue weighted by molar-refractivity contribution is -0.118. The number of rotatable bonds is 5. The summed E-state index contributed by atoms with van der Waals surface area (Å²) in [5.74, 6) is 0.206. The van der Waals surface area contributed by atoms with Crippen LogP contribution >= 0.6 is 11.6 Å². The second kappa shape index (κ2) is 5.58. The predicted molar refractivity (Wildman–Crippen MR) is 58.6 cm³/mol. The van der Waals surface area contributed by atoms with Crippen LogP contribution in [-0.4, -0.2) is 12.5 Å². The van der Waals surface area contributed by atoms with E-state index < -0.39 is 5.91 Å². The van der Waals surface area contributed by atoms with Crippen molar-refractivity contribution in [3.63, 3.8) is 0 Å². The molecule has 1 aromatic carbocycles. The zero-order valence-electron chi connectivity index (χ0n) is 8.20. The molecule has 1 rings (SSSR count). The summed E-state index contributed by atoms with van der Waals surface area (Å²) in [5.41, 5.74) is 11.3. The fourth-order valence-corrected chi connectivity index (χ4v) is 1.38. The molecule has 0 unspecified atom stereocenters. The highest BCUT2D eigenvalue weighted by atomic mass is 35.5. The van der Waals surface area contributed by atoms with E-state index in [1.165, 1.54) is 0 Å². The Morgan fingerprint density at radius 3 is 2.80 bits per heavy atom. The van der Waals surface area contributed by atoms with Gasteiger partial charge in [0.1, 0.15) is 5.75 Å². The van der Waals surface area contributed by atoms with Gasteiger partial charge in [-0.15, -0.1) is 0 Å². The standard InChI is InChI=1S/C10H13ClN2O2/c11-8-2-1-3-9(7(8)6-12)15-5-4-10(13)14/h1-3H,4-6,12H2,(H2,13,14). The zero-order valence-corrected chi connectivity index (χ0v) is 8.96. The van der Waals surface area contributed by atoms with Crippen LogP contribution in [0.2, 0.25) is 5.02 Å². The molecular weight excluding hydrogens is 216 g/mol. The van der Waals surface area contributed by atoms with Gasteiger partial charge in [-0.05, 0) is 12.1 Å². The van der Waals surface area contributed by atoms with Gasteiger partial charge >= 0.3 is 0 Å². The van der Waals surface area contributed by atoms with Crippen molar-refractivity contribution < 1.29 is 9.53 Å². The lowest BCUT2D eigenvalue weighted by atomic mass is 10.2. The third-order valence-electron chi connectivity index (χ3n) is 1.89. The minimum absolute atomic E-state index is 0.177. The fraction of sp³-hybridized carbons (Fsp3) is 0.300. The van der Waals surface area contributed by atoms with Crippen LogP contribution in [0, 0.1) is 0 Å². The first-order valence-electron chi connectivity index (χ1n) is 4.53. The van der Waals surface area contributed by atoms with Crippen molar-refractivity contribution in [1.82, 2.24) is 0 Å². The highest BCUT2D eigenvalue weighted by Crippen LogP contribution is 2.25. The highest BCUT2D eigenvalue weighted by molar-refractivity contribution is 6.31. The summed E-state index contributed by atoms with van der Waals surface area (Å²) in [6, 6.07) is 5.26. The van der Waals surface area contributed by atoms with E-state index in [1.807, 2.05) is 0 Å². The van der Waals surface area contributed by atoms with E-state index in [0.29, 0.717) is 17.3 Å². The zero-order chi connectivity index (χ0) is 11.3. The number of carbonyl (C=O) groups excluding carboxylic acids is 1. The minimum atomic E-state index is -0.397. The molecule has 0 fully saturated rings. The first-order chi connectivity index (χ1) is 7.15. The van der Waals surface area contributed by atoms with Gasteiger partial charge in [0.15, 0.2) is 0 Å². The van der Waals surface area contributed by atoms with Gasteiger partial charge in [0, 0.05) is 17.1 Å². The number of amides is 1. The van der Waals surface area contributed by atoms with E-state index in [-0.39, 0.29) is 13.0 Å². The Kier molecular flexibility index (Phi) is 4.39. The number of nitrogens with two attached hydrogens (primary N) is 2. The molecule has 0 aliphatic heterocycles. The normalized spacial score (nSPS) is 10.0. The maximum absolute atomic E-state index is 10.5. The molecule has 82 valence electrons. The number of halogens is 1. The predicted octanol–water partition coefficient (Wildman–Crippen LogP) is 1.05. The first-order valence-corrected chi connectivity index (χ1v) is 4.91. The molecule has 0 bridgehead atoms. The molecule has 1 amide bonds. The summed E-state index contributed by atoms with van der Waals surface area (Å²) in [5, 5.41) is 0.564. The van der Waals surface area contributed by atoms with Gasteiger partial charge in [-0.2, -0.15) is 0 Å². The van der Waals surface area contributed by atoms with Gasteiger partial charge in [0.05, 0.1) is 13.0 Å². The Morgan fingerprint density at radius 2 is 2.20 bits per heavy atom. The molecule has 0 heterocycles. The van der Waals surface area contributed by atoms with E-state index in [1.54, 1.807) is 18.2 Å². The number of primary amides is 1. The molecule has 4 nitrogen and oxygen atoms in total. The van der Waals surface area contributed by atoms with Crippen molar-refractivity contribution in [1.29, 1.82) is 0 Å². The summed E-state index contributed by atoms with van der Waals surface area (Å²) >= 11 is 5.92. The largest absolute Gasteiger partial charge is 0.493 e. The molecule has 0 saturated carbocycles. The quantitative estimate of drug-likeness (QED) is 0.791. The van der Waals surface area contributed by atoms with E-state index >= 15 is 0 Å². The van der Waals surface area contributed by atoms with E-state index in [4.69, 9.17) is 27.8 Å². The van der Waals surface area contributed by atoms with Gasteiger partial charge in [-0.1, -0.05) is 17.7 Å². The van der Waals surface area contributed by atoms with E-state index in [2.05, 4.69) is 0 Å². The van der Waals surface area contributed by atoms with Crippen molar-refractivity contribution in [3.8, 4) is 5.75 Å². The Balaban J connectivity index is 2.67. The number of hydrogen-bond donors (Lipinski definition) is 2. The number of carbonyl (C=O) groups is 1. The van der Waals surface area contributed by atoms with E-state index in [9.17, 15) is 4.79 Å². The minimum Gasteiger partial charge on any atom is -0.493 e. The maximum atomic E-state index is 10.5. The lowest BCUT2D eigenvalue weighted by Gasteiger charge is -2.10. The van der Waals surface area contributed by atoms with Crippen LogP contribution in [0.3, 0.4) is 0 Å². The van der Waals surface area contributed by atoms with Crippen molar-refractivity contribution in [3.05, 3.63) is 28.8 Å². The average molecular weight is 229 g/mol. The monoisotopic (exact) mass is 228 g/mol. The van der Waals surface area contributed by atoms with E-state index in [0.717, 1.165) is 5.56 Å². The molecule has 0 radical (unpaired) electrons. The lowest BCUT2D eigenvalue weighted by Crippen LogP contribution is -2.15. The number of hydrogen-bond acceptors (Lipinski definition) is 3. The molecular formula is C10H13ClN2O2. The second-order valence-electron chi connectivity index (χ2n) is 2.99. The molecule has 0 saturated heterocycles.